The van der Waals surface area contributed by atoms with Crippen LogP contribution in [-0.2, 0) is 0 Å². The summed E-state index contributed by atoms with van der Waals surface area (Å²) in [5, 5.41) is 4.87. The smallest absolute Gasteiger partial charge is 0.136 e. The van der Waals surface area contributed by atoms with Gasteiger partial charge in [-0.2, -0.15) is 0 Å². The van der Waals surface area contributed by atoms with E-state index >= 15 is 0 Å². The summed E-state index contributed by atoms with van der Waals surface area (Å²) in [6.45, 7) is 0. The predicted octanol–water partition coefficient (Wildman–Crippen LogP) is 5.17. The summed E-state index contributed by atoms with van der Waals surface area (Å²) >= 11 is 0. The van der Waals surface area contributed by atoms with Crippen LogP contribution in [0.2, 0.25) is 0 Å². The topological polar surface area (TPSA) is 28.9 Å². The maximum atomic E-state index is 5.95. The van der Waals surface area contributed by atoms with E-state index in [2.05, 4.69) is 47.6 Å². The molecule has 0 saturated carbocycles. The minimum atomic E-state index is 0.950. The molecule has 2 aromatic carbocycles. The Balaban J connectivity index is 2.03. The molecule has 0 radical (unpaired) electrons. The standard InChI is InChI=1S/C18H11NO/c1-2-4-17-13(3-1)15-9-14-12(8-18(15)20-17)7-11-5-6-19-10-16(11)14/h1-10,19H. The highest BCUT2D eigenvalue weighted by atomic mass is 16.3. The van der Waals surface area contributed by atoms with Gasteiger partial charge in [0.15, 0.2) is 0 Å². The van der Waals surface area contributed by atoms with Gasteiger partial charge in [-0.3, -0.25) is 0 Å². The Labute approximate surface area is 115 Å². The van der Waals surface area contributed by atoms with Crippen molar-refractivity contribution in [3.8, 4) is 11.1 Å². The van der Waals surface area contributed by atoms with E-state index < -0.39 is 0 Å². The lowest BCUT2D eigenvalue weighted by Gasteiger charge is -1.98. The Bertz CT molecular complexity index is 1050. The van der Waals surface area contributed by atoms with Gasteiger partial charge in [0, 0.05) is 28.7 Å². The summed E-state index contributed by atoms with van der Waals surface area (Å²) in [5.41, 5.74) is 4.43. The second-order valence-corrected chi connectivity index (χ2v) is 5.19. The lowest BCUT2D eigenvalue weighted by molar-refractivity contribution is 0.669. The SMILES string of the molecule is c1ccc2c(c1)oc1cc3cc4cc[nH]cc-4c3cc12. The van der Waals surface area contributed by atoms with Crippen LogP contribution in [0.15, 0.2) is 65.3 Å². The summed E-state index contributed by atoms with van der Waals surface area (Å²) in [7, 11) is 0. The molecule has 0 saturated heterocycles. The molecule has 0 fully saturated rings. The fraction of sp³-hybridized carbons (Fsp3) is 0. The number of fused-ring (bicyclic) bond motifs is 6. The van der Waals surface area contributed by atoms with Crippen LogP contribution in [0.1, 0.15) is 0 Å². The summed E-state index contributed by atoms with van der Waals surface area (Å²) in [6.07, 6.45) is 4.02. The monoisotopic (exact) mass is 257 g/mol. The van der Waals surface area contributed by atoms with Crippen LogP contribution in [0.3, 0.4) is 0 Å². The molecule has 2 aliphatic rings. The third kappa shape index (κ3) is 1.18. The molecule has 1 N–H and O–H groups in total. The van der Waals surface area contributed by atoms with Gasteiger partial charge in [-0.1, -0.05) is 18.2 Å². The predicted molar refractivity (Wildman–Crippen MR) is 82.2 cm³/mol. The summed E-state index contributed by atoms with van der Waals surface area (Å²) in [4.78, 5) is 3.17. The van der Waals surface area contributed by atoms with E-state index in [0.717, 1.165) is 11.2 Å². The van der Waals surface area contributed by atoms with E-state index in [1.807, 2.05) is 18.3 Å². The zero-order valence-electron chi connectivity index (χ0n) is 10.7. The highest BCUT2D eigenvalue weighted by Gasteiger charge is 2.13. The number of aromatic nitrogens is 1. The fourth-order valence-corrected chi connectivity index (χ4v) is 3.11. The summed E-state index contributed by atoms with van der Waals surface area (Å²) in [5.74, 6) is 0. The van der Waals surface area contributed by atoms with Crippen LogP contribution in [0.5, 0.6) is 0 Å². The van der Waals surface area contributed by atoms with E-state index in [4.69, 9.17) is 4.42 Å². The van der Waals surface area contributed by atoms with Crippen LogP contribution < -0.4 is 0 Å². The van der Waals surface area contributed by atoms with E-state index in [1.165, 1.54) is 32.7 Å². The Morgan fingerprint density at radius 2 is 1.75 bits per heavy atom. The average molecular weight is 257 g/mol. The molecular weight excluding hydrogens is 246 g/mol. The van der Waals surface area contributed by atoms with E-state index in [9.17, 15) is 0 Å². The van der Waals surface area contributed by atoms with Crippen molar-refractivity contribution in [2.75, 3.05) is 0 Å². The van der Waals surface area contributed by atoms with Gasteiger partial charge in [0.2, 0.25) is 0 Å². The Morgan fingerprint density at radius 3 is 2.75 bits per heavy atom. The quantitative estimate of drug-likeness (QED) is 0.407. The first-order chi connectivity index (χ1) is 9.90. The molecule has 1 aromatic heterocycles. The number of hydrogen-bond donors (Lipinski definition) is 1. The molecule has 3 aromatic rings. The zero-order valence-corrected chi connectivity index (χ0v) is 10.7. The number of aromatic amines is 1. The second kappa shape index (κ2) is 3.42. The lowest BCUT2D eigenvalue weighted by Crippen LogP contribution is -1.75. The molecule has 2 heterocycles. The number of nitrogens with one attached hydrogen (secondary N) is 1. The van der Waals surface area contributed by atoms with E-state index in [-0.39, 0.29) is 0 Å². The van der Waals surface area contributed by atoms with Crippen LogP contribution >= 0.6 is 0 Å². The minimum absolute atomic E-state index is 0.950. The van der Waals surface area contributed by atoms with Gasteiger partial charge in [-0.15, -0.1) is 0 Å². The molecular formula is C18H11NO. The summed E-state index contributed by atoms with van der Waals surface area (Å²) < 4.78 is 5.95. The number of pyridine rings is 1. The van der Waals surface area contributed by atoms with Crippen LogP contribution in [0.4, 0.5) is 0 Å². The molecule has 20 heavy (non-hydrogen) atoms. The molecule has 0 atom stereocenters. The average Bonchev–Trinajstić information content (AvgIpc) is 3.02. The molecule has 5 rings (SSSR count). The first-order valence-corrected chi connectivity index (χ1v) is 6.71. The Morgan fingerprint density at radius 1 is 0.800 bits per heavy atom. The van der Waals surface area contributed by atoms with Gasteiger partial charge in [-0.25, -0.2) is 0 Å². The number of rotatable bonds is 0. The number of para-hydroxylation sites is 1. The van der Waals surface area contributed by atoms with E-state index in [1.54, 1.807) is 0 Å². The van der Waals surface area contributed by atoms with Crippen LogP contribution in [0, 0.1) is 0 Å². The van der Waals surface area contributed by atoms with Gasteiger partial charge in [0.25, 0.3) is 0 Å². The fourth-order valence-electron chi connectivity index (χ4n) is 3.11. The van der Waals surface area contributed by atoms with Crippen LogP contribution in [-0.4, -0.2) is 4.98 Å². The minimum Gasteiger partial charge on any atom is -0.456 e. The van der Waals surface area contributed by atoms with Crippen molar-refractivity contribution in [1.29, 1.82) is 0 Å². The van der Waals surface area contributed by atoms with Gasteiger partial charge >= 0.3 is 0 Å². The van der Waals surface area contributed by atoms with E-state index in [0.29, 0.717) is 0 Å². The molecule has 0 amide bonds. The van der Waals surface area contributed by atoms with Crippen molar-refractivity contribution < 1.29 is 4.42 Å². The van der Waals surface area contributed by atoms with Crippen molar-refractivity contribution in [2.24, 2.45) is 0 Å². The molecule has 2 nitrogen and oxygen atoms in total. The van der Waals surface area contributed by atoms with Gasteiger partial charge in [0.05, 0.1) is 0 Å². The largest absolute Gasteiger partial charge is 0.456 e. The Kier molecular flexibility index (Phi) is 1.73. The maximum absolute atomic E-state index is 5.95. The number of H-pyrrole nitrogens is 1. The zero-order chi connectivity index (χ0) is 13.1. The molecule has 0 bridgehead atoms. The number of furan rings is 1. The van der Waals surface area contributed by atoms with Crippen molar-refractivity contribution in [1.82, 2.24) is 4.98 Å². The number of hydrogen-bond acceptors (Lipinski definition) is 1. The van der Waals surface area contributed by atoms with Gasteiger partial charge < -0.3 is 9.40 Å². The normalized spacial score (nSPS) is 12.0. The molecule has 1 aliphatic heterocycles. The highest BCUT2D eigenvalue weighted by molar-refractivity contribution is 6.14. The molecule has 2 heteroatoms. The van der Waals surface area contributed by atoms with Crippen molar-refractivity contribution >= 4 is 32.7 Å². The van der Waals surface area contributed by atoms with Gasteiger partial charge in [-0.05, 0) is 46.7 Å². The van der Waals surface area contributed by atoms with Crippen molar-refractivity contribution in [3.63, 3.8) is 0 Å². The third-order valence-electron chi connectivity index (χ3n) is 4.05. The first kappa shape index (κ1) is 10.1. The molecule has 0 spiro atoms. The molecule has 0 unspecified atom stereocenters. The lowest BCUT2D eigenvalue weighted by atomic mass is 10.1. The highest BCUT2D eigenvalue weighted by Crippen LogP contribution is 2.38. The first-order valence-electron chi connectivity index (χ1n) is 6.71. The second-order valence-electron chi connectivity index (χ2n) is 5.19. The number of benzene rings is 2. The molecule has 94 valence electrons. The van der Waals surface area contributed by atoms with Crippen molar-refractivity contribution in [3.05, 3.63) is 60.9 Å². The summed E-state index contributed by atoms with van der Waals surface area (Å²) in [6, 6.07) is 16.9. The maximum Gasteiger partial charge on any atom is 0.136 e. The molecule has 1 aliphatic carbocycles. The third-order valence-corrected chi connectivity index (χ3v) is 4.05. The van der Waals surface area contributed by atoms with Crippen molar-refractivity contribution in [2.45, 2.75) is 0 Å². The van der Waals surface area contributed by atoms with Crippen LogP contribution in [0.25, 0.3) is 43.8 Å². The van der Waals surface area contributed by atoms with Gasteiger partial charge in [0.1, 0.15) is 11.2 Å². The Hall–Kier alpha value is -2.74.